The molecule has 0 aliphatic carbocycles. The van der Waals surface area contributed by atoms with Gasteiger partial charge >= 0.3 is 5.97 Å². The lowest BCUT2D eigenvalue weighted by Gasteiger charge is -2.36. The van der Waals surface area contributed by atoms with Gasteiger partial charge in [-0.1, -0.05) is 49.9 Å². The van der Waals surface area contributed by atoms with E-state index in [1.165, 1.54) is 18.9 Å². The number of methoxy groups -OCH3 is 1. The Labute approximate surface area is 176 Å². The summed E-state index contributed by atoms with van der Waals surface area (Å²) in [5.41, 5.74) is 4.03. The van der Waals surface area contributed by atoms with E-state index in [0.29, 0.717) is 23.7 Å². The van der Waals surface area contributed by atoms with E-state index in [0.717, 1.165) is 22.0 Å². The topological polar surface area (TPSA) is 71.0 Å². The number of benzene rings is 1. The van der Waals surface area contributed by atoms with Crippen LogP contribution in [0, 0.1) is 12.8 Å². The van der Waals surface area contributed by atoms with E-state index in [4.69, 9.17) is 4.74 Å². The fourth-order valence-electron chi connectivity index (χ4n) is 3.47. The summed E-state index contributed by atoms with van der Waals surface area (Å²) < 4.78 is 5.08. The van der Waals surface area contributed by atoms with Gasteiger partial charge in [-0.3, -0.25) is 4.79 Å². The zero-order chi connectivity index (χ0) is 21.1. The Morgan fingerprint density at radius 1 is 1.28 bits per heavy atom. The van der Waals surface area contributed by atoms with Crippen LogP contribution in [0.3, 0.4) is 0 Å². The van der Waals surface area contributed by atoms with Crippen LogP contribution in [0.5, 0.6) is 0 Å². The quantitative estimate of drug-likeness (QED) is 0.716. The third-order valence-corrected chi connectivity index (χ3v) is 5.83. The van der Waals surface area contributed by atoms with Gasteiger partial charge in [-0.05, 0) is 36.3 Å². The van der Waals surface area contributed by atoms with Crippen molar-refractivity contribution in [2.45, 2.75) is 40.2 Å². The third kappa shape index (κ3) is 4.40. The van der Waals surface area contributed by atoms with Gasteiger partial charge in [-0.2, -0.15) is 0 Å². The summed E-state index contributed by atoms with van der Waals surface area (Å²) in [6.45, 7) is 8.60. The van der Waals surface area contributed by atoms with Gasteiger partial charge in [-0.25, -0.2) is 9.79 Å². The van der Waals surface area contributed by atoms with E-state index >= 15 is 0 Å². The van der Waals surface area contributed by atoms with E-state index in [1.54, 1.807) is 0 Å². The molecule has 2 heterocycles. The molecule has 2 aliphatic rings. The number of hydrogen-bond donors (Lipinski definition) is 1. The second-order valence-corrected chi connectivity index (χ2v) is 8.45. The SMILES string of the molecule is COC(=O)C1=C(C)N=C2SC=C(CC(=O)NCC(C)C)N2C1c1ccccc1C. The fourth-order valence-corrected chi connectivity index (χ4v) is 4.44. The summed E-state index contributed by atoms with van der Waals surface area (Å²) in [4.78, 5) is 31.8. The summed E-state index contributed by atoms with van der Waals surface area (Å²) in [6, 6.07) is 7.58. The summed E-state index contributed by atoms with van der Waals surface area (Å²) in [5, 5.41) is 5.69. The van der Waals surface area contributed by atoms with Crippen molar-refractivity contribution in [3.05, 3.63) is 57.8 Å². The number of esters is 1. The number of carbonyl (C=O) groups excluding carboxylic acids is 2. The number of amides is 1. The Morgan fingerprint density at radius 2 is 2.00 bits per heavy atom. The molecule has 6 nitrogen and oxygen atoms in total. The van der Waals surface area contributed by atoms with E-state index in [-0.39, 0.29) is 18.4 Å². The van der Waals surface area contributed by atoms with Crippen LogP contribution in [0.15, 0.2) is 51.6 Å². The third-order valence-electron chi connectivity index (χ3n) is 4.94. The molecule has 0 bridgehead atoms. The van der Waals surface area contributed by atoms with Gasteiger partial charge in [0.2, 0.25) is 5.91 Å². The molecular formula is C22H27N3O3S. The predicted molar refractivity (Wildman–Crippen MR) is 116 cm³/mol. The van der Waals surface area contributed by atoms with Gasteiger partial charge in [0.25, 0.3) is 0 Å². The number of thioether (sulfide) groups is 1. The van der Waals surface area contributed by atoms with Crippen molar-refractivity contribution in [1.29, 1.82) is 0 Å². The van der Waals surface area contributed by atoms with Crippen LogP contribution in [-0.2, 0) is 14.3 Å². The Morgan fingerprint density at radius 3 is 2.66 bits per heavy atom. The second-order valence-electron chi connectivity index (χ2n) is 7.62. The van der Waals surface area contributed by atoms with Gasteiger partial charge in [-0.15, -0.1) is 0 Å². The normalized spacial score (nSPS) is 18.4. The number of allylic oxidation sites excluding steroid dienone is 1. The number of amidine groups is 1. The molecule has 3 rings (SSSR count). The van der Waals surface area contributed by atoms with E-state index in [1.807, 2.05) is 48.4 Å². The lowest BCUT2D eigenvalue weighted by Crippen LogP contribution is -2.38. The largest absolute Gasteiger partial charge is 0.466 e. The predicted octanol–water partition coefficient (Wildman–Crippen LogP) is 3.91. The Balaban J connectivity index is 2.00. The van der Waals surface area contributed by atoms with Crippen molar-refractivity contribution in [1.82, 2.24) is 10.2 Å². The van der Waals surface area contributed by atoms with Crippen molar-refractivity contribution in [2.75, 3.05) is 13.7 Å². The minimum atomic E-state index is -0.404. The number of ether oxygens (including phenoxy) is 1. The van der Waals surface area contributed by atoms with Gasteiger partial charge < -0.3 is 15.0 Å². The zero-order valence-electron chi connectivity index (χ0n) is 17.5. The summed E-state index contributed by atoms with van der Waals surface area (Å²) >= 11 is 1.48. The van der Waals surface area contributed by atoms with Crippen LogP contribution in [0.25, 0.3) is 0 Å². The molecule has 1 aromatic rings. The number of nitrogens with zero attached hydrogens (tertiary/aromatic N) is 2. The number of aliphatic imine (C=N–C) groups is 1. The molecule has 2 aliphatic heterocycles. The first-order chi connectivity index (χ1) is 13.8. The number of carbonyl (C=O) groups is 2. The number of fused-ring (bicyclic) bond motifs is 1. The molecule has 1 amide bonds. The van der Waals surface area contributed by atoms with Crippen molar-refractivity contribution in [3.8, 4) is 0 Å². The first-order valence-electron chi connectivity index (χ1n) is 9.68. The monoisotopic (exact) mass is 413 g/mol. The van der Waals surface area contributed by atoms with E-state index < -0.39 is 5.97 Å². The van der Waals surface area contributed by atoms with Crippen molar-refractivity contribution >= 4 is 28.8 Å². The lowest BCUT2D eigenvalue weighted by atomic mass is 9.91. The molecule has 7 heteroatoms. The minimum absolute atomic E-state index is 0.0405. The maximum absolute atomic E-state index is 12.7. The highest BCUT2D eigenvalue weighted by molar-refractivity contribution is 8.16. The van der Waals surface area contributed by atoms with Crippen LogP contribution in [0.2, 0.25) is 0 Å². The molecular weight excluding hydrogens is 386 g/mol. The fraction of sp³-hybridized carbons (Fsp3) is 0.409. The van der Waals surface area contributed by atoms with E-state index in [2.05, 4.69) is 24.2 Å². The minimum Gasteiger partial charge on any atom is -0.466 e. The Kier molecular flexibility index (Phi) is 6.47. The van der Waals surface area contributed by atoms with Crippen LogP contribution < -0.4 is 5.32 Å². The van der Waals surface area contributed by atoms with Crippen molar-refractivity contribution in [2.24, 2.45) is 10.9 Å². The molecule has 154 valence electrons. The highest BCUT2D eigenvalue weighted by Crippen LogP contribution is 2.45. The van der Waals surface area contributed by atoms with Gasteiger partial charge in [0.1, 0.15) is 0 Å². The number of hydrogen-bond acceptors (Lipinski definition) is 6. The molecule has 1 unspecified atom stereocenters. The molecule has 0 radical (unpaired) electrons. The molecule has 1 aromatic carbocycles. The summed E-state index contributed by atoms with van der Waals surface area (Å²) in [7, 11) is 1.38. The van der Waals surface area contributed by atoms with Crippen molar-refractivity contribution in [3.63, 3.8) is 0 Å². The molecule has 0 saturated heterocycles. The average Bonchev–Trinajstić information content (AvgIpc) is 3.07. The van der Waals surface area contributed by atoms with Gasteiger partial charge in [0, 0.05) is 12.2 Å². The standard InChI is InChI=1S/C22H27N3O3S/c1-13(2)11-23-18(26)10-16-12-29-22-24-15(4)19(21(27)28-5)20(25(16)22)17-9-7-6-8-14(17)3/h6-9,12-13,20H,10-11H2,1-5H3,(H,23,26). The molecule has 1 atom stereocenters. The summed E-state index contributed by atoms with van der Waals surface area (Å²) in [6.07, 6.45) is 0.231. The highest BCUT2D eigenvalue weighted by Gasteiger charge is 2.41. The first kappa shape index (κ1) is 21.2. The molecule has 0 aromatic heterocycles. The lowest BCUT2D eigenvalue weighted by molar-refractivity contribution is -0.136. The van der Waals surface area contributed by atoms with Gasteiger partial charge in [0.05, 0.1) is 30.8 Å². The van der Waals surface area contributed by atoms with Crippen LogP contribution in [-0.4, -0.2) is 35.6 Å². The number of rotatable bonds is 6. The number of nitrogens with one attached hydrogen (secondary N) is 1. The molecule has 1 N–H and O–H groups in total. The van der Waals surface area contributed by atoms with Crippen LogP contribution >= 0.6 is 11.8 Å². The Hall–Kier alpha value is -2.54. The van der Waals surface area contributed by atoms with E-state index in [9.17, 15) is 9.59 Å². The maximum Gasteiger partial charge on any atom is 0.338 e. The molecule has 0 spiro atoms. The number of aryl methyl sites for hydroxylation is 1. The highest BCUT2D eigenvalue weighted by atomic mass is 32.2. The van der Waals surface area contributed by atoms with Crippen molar-refractivity contribution < 1.29 is 14.3 Å². The zero-order valence-corrected chi connectivity index (χ0v) is 18.3. The smallest absolute Gasteiger partial charge is 0.338 e. The average molecular weight is 414 g/mol. The Bertz CT molecular complexity index is 918. The van der Waals surface area contributed by atoms with Gasteiger partial charge in [0.15, 0.2) is 5.17 Å². The van der Waals surface area contributed by atoms with Crippen LogP contribution in [0.4, 0.5) is 0 Å². The first-order valence-corrected chi connectivity index (χ1v) is 10.6. The molecule has 0 saturated carbocycles. The molecule has 0 fully saturated rings. The molecule has 29 heavy (non-hydrogen) atoms. The second kappa shape index (κ2) is 8.86. The maximum atomic E-state index is 12.7. The summed E-state index contributed by atoms with van der Waals surface area (Å²) in [5.74, 6) is -0.0606. The van der Waals surface area contributed by atoms with Crippen LogP contribution in [0.1, 0.15) is 44.4 Å².